The molecular weight excluding hydrogens is 340 g/mol. The number of nitrogens with zero attached hydrogens (tertiary/aromatic N) is 2. The fourth-order valence-corrected chi connectivity index (χ4v) is 4.77. The molecule has 0 aliphatic heterocycles. The summed E-state index contributed by atoms with van der Waals surface area (Å²) < 4.78 is 5.60. The van der Waals surface area contributed by atoms with Crippen LogP contribution >= 0.6 is 43.2 Å². The first kappa shape index (κ1) is 17.0. The smallest absolute Gasteiger partial charge is 0.106 e. The van der Waals surface area contributed by atoms with Crippen LogP contribution in [-0.2, 0) is 4.74 Å². The molecule has 0 aliphatic rings. The molecule has 7 heteroatoms. The second-order valence-electron chi connectivity index (χ2n) is 3.76. The molecule has 3 nitrogen and oxygen atoms in total. The Kier molecular flexibility index (Phi) is 9.12. The average Bonchev–Trinajstić information content (AvgIpc) is 2.55. The fraction of sp³-hybridized carbons (Fsp3) is 0.286. The molecule has 2 rings (SSSR count). The van der Waals surface area contributed by atoms with Crippen molar-refractivity contribution in [1.29, 1.82) is 0 Å². The molecule has 0 aromatic carbocycles. The van der Waals surface area contributed by atoms with E-state index in [1.54, 1.807) is 43.2 Å². The van der Waals surface area contributed by atoms with E-state index in [0.717, 1.165) is 34.8 Å². The van der Waals surface area contributed by atoms with Crippen molar-refractivity contribution in [2.24, 2.45) is 0 Å². The van der Waals surface area contributed by atoms with Crippen LogP contribution in [0.15, 0.2) is 58.8 Å². The number of ether oxygens (including phenoxy) is 1. The van der Waals surface area contributed by atoms with E-state index < -0.39 is 0 Å². The minimum Gasteiger partial charge on any atom is -0.380 e. The van der Waals surface area contributed by atoms with Gasteiger partial charge in [-0.05, 0) is 45.9 Å². The van der Waals surface area contributed by atoms with Crippen LogP contribution in [0.5, 0.6) is 0 Å². The maximum atomic E-state index is 5.60. The van der Waals surface area contributed by atoms with E-state index in [1.165, 1.54) is 0 Å². The molecule has 112 valence electrons. The second-order valence-corrected chi connectivity index (χ2v) is 8.63. The van der Waals surface area contributed by atoms with Gasteiger partial charge < -0.3 is 4.74 Å². The zero-order valence-electron chi connectivity index (χ0n) is 11.4. The highest BCUT2D eigenvalue weighted by Gasteiger charge is 1.97. The number of hydrogen-bond donors (Lipinski definition) is 0. The van der Waals surface area contributed by atoms with E-state index in [-0.39, 0.29) is 0 Å². The lowest BCUT2D eigenvalue weighted by Gasteiger charge is -2.03. The molecule has 2 heterocycles. The monoisotopic (exact) mass is 356 g/mol. The number of hydrogen-bond acceptors (Lipinski definition) is 7. The molecule has 0 aliphatic carbocycles. The summed E-state index contributed by atoms with van der Waals surface area (Å²) in [7, 11) is 6.94. The Morgan fingerprint density at radius 3 is 1.71 bits per heavy atom. The minimum absolute atomic E-state index is 0.777. The zero-order valence-corrected chi connectivity index (χ0v) is 14.6. The predicted octanol–water partition coefficient (Wildman–Crippen LogP) is 4.67. The molecule has 0 fully saturated rings. The van der Waals surface area contributed by atoms with Crippen molar-refractivity contribution in [3.8, 4) is 0 Å². The van der Waals surface area contributed by atoms with Gasteiger partial charge >= 0.3 is 0 Å². The third-order valence-corrected chi connectivity index (χ3v) is 6.64. The second kappa shape index (κ2) is 11.3. The van der Waals surface area contributed by atoms with Crippen LogP contribution in [0.2, 0.25) is 0 Å². The van der Waals surface area contributed by atoms with E-state index >= 15 is 0 Å². The molecule has 0 bridgehead atoms. The Balaban J connectivity index is 1.40. The van der Waals surface area contributed by atoms with Gasteiger partial charge in [0.15, 0.2) is 0 Å². The van der Waals surface area contributed by atoms with Gasteiger partial charge in [0.05, 0.1) is 13.2 Å². The van der Waals surface area contributed by atoms with Gasteiger partial charge in [-0.1, -0.05) is 33.7 Å². The maximum Gasteiger partial charge on any atom is 0.106 e. The normalized spacial score (nSPS) is 10.7. The van der Waals surface area contributed by atoms with Crippen molar-refractivity contribution < 1.29 is 4.74 Å². The summed E-state index contributed by atoms with van der Waals surface area (Å²) >= 11 is 0. The topological polar surface area (TPSA) is 35.0 Å². The van der Waals surface area contributed by atoms with Crippen molar-refractivity contribution in [3.63, 3.8) is 0 Å². The van der Waals surface area contributed by atoms with Crippen molar-refractivity contribution >= 4 is 43.2 Å². The molecule has 0 saturated heterocycles. The Morgan fingerprint density at radius 2 is 1.29 bits per heavy atom. The Bertz CT molecular complexity index is 441. The van der Waals surface area contributed by atoms with Crippen molar-refractivity contribution in [2.45, 2.75) is 10.1 Å². The van der Waals surface area contributed by atoms with Crippen LogP contribution < -0.4 is 0 Å². The average molecular weight is 357 g/mol. The first-order valence-electron chi connectivity index (χ1n) is 6.44. The quantitative estimate of drug-likeness (QED) is 0.452. The number of pyridine rings is 2. The van der Waals surface area contributed by atoms with Crippen LogP contribution in [0.3, 0.4) is 0 Å². The molecule has 2 aromatic rings. The van der Waals surface area contributed by atoms with Crippen molar-refractivity contribution in [3.05, 3.63) is 48.8 Å². The van der Waals surface area contributed by atoms with E-state index in [1.807, 2.05) is 48.8 Å². The highest BCUT2D eigenvalue weighted by molar-refractivity contribution is 8.77. The summed E-state index contributed by atoms with van der Waals surface area (Å²) in [6.45, 7) is 1.55. The van der Waals surface area contributed by atoms with Crippen LogP contribution in [0.1, 0.15) is 0 Å². The summed E-state index contributed by atoms with van der Waals surface area (Å²) in [5.41, 5.74) is 0. The van der Waals surface area contributed by atoms with Gasteiger partial charge in [-0.2, -0.15) is 0 Å². The summed E-state index contributed by atoms with van der Waals surface area (Å²) in [6.07, 6.45) is 3.63. The molecule has 0 N–H and O–H groups in total. The summed E-state index contributed by atoms with van der Waals surface area (Å²) in [6, 6.07) is 11.9. The van der Waals surface area contributed by atoms with Gasteiger partial charge in [-0.3, -0.25) is 0 Å². The molecule has 0 unspecified atom stereocenters. The van der Waals surface area contributed by atoms with E-state index in [2.05, 4.69) is 9.97 Å². The summed E-state index contributed by atoms with van der Waals surface area (Å²) in [5.74, 6) is 1.94. The van der Waals surface area contributed by atoms with Crippen LogP contribution in [0, 0.1) is 0 Å². The molecule has 21 heavy (non-hydrogen) atoms. The fourth-order valence-electron chi connectivity index (χ4n) is 1.28. The first-order chi connectivity index (χ1) is 10.4. The molecule has 0 spiro atoms. The van der Waals surface area contributed by atoms with Crippen LogP contribution in [-0.4, -0.2) is 34.7 Å². The van der Waals surface area contributed by atoms with Crippen molar-refractivity contribution in [2.75, 3.05) is 24.7 Å². The Labute approximate surface area is 141 Å². The maximum absolute atomic E-state index is 5.60. The Morgan fingerprint density at radius 1 is 0.762 bits per heavy atom. The van der Waals surface area contributed by atoms with Gasteiger partial charge in [0, 0.05) is 23.9 Å². The lowest BCUT2D eigenvalue weighted by atomic mass is 10.5. The highest BCUT2D eigenvalue weighted by Crippen LogP contribution is 2.29. The van der Waals surface area contributed by atoms with Crippen molar-refractivity contribution in [1.82, 2.24) is 9.97 Å². The van der Waals surface area contributed by atoms with Gasteiger partial charge in [-0.25, -0.2) is 9.97 Å². The first-order valence-corrected chi connectivity index (χ1v) is 11.1. The minimum atomic E-state index is 0.777. The summed E-state index contributed by atoms with van der Waals surface area (Å²) in [5, 5.41) is 2.09. The van der Waals surface area contributed by atoms with Gasteiger partial charge in [0.1, 0.15) is 10.1 Å². The third kappa shape index (κ3) is 8.01. The van der Waals surface area contributed by atoms with E-state index in [4.69, 9.17) is 4.74 Å². The zero-order chi connectivity index (χ0) is 14.6. The molecule has 0 saturated carbocycles. The lowest BCUT2D eigenvalue weighted by molar-refractivity contribution is 0.167. The van der Waals surface area contributed by atoms with Crippen LogP contribution in [0.4, 0.5) is 0 Å². The van der Waals surface area contributed by atoms with Gasteiger partial charge in [-0.15, -0.1) is 0 Å². The molecule has 0 amide bonds. The lowest BCUT2D eigenvalue weighted by Crippen LogP contribution is -2.00. The number of rotatable bonds is 10. The molecule has 2 aromatic heterocycles. The standard InChI is InChI=1S/C14H16N2OS4/c1-3-7-15-13(5-1)20-18-11-9-17-10-12-19-21-14-6-2-4-8-16-14/h1-8H,9-12H2. The molecule has 0 atom stereocenters. The van der Waals surface area contributed by atoms with Gasteiger partial charge in [0.2, 0.25) is 0 Å². The number of aromatic nitrogens is 2. The largest absolute Gasteiger partial charge is 0.380 e. The van der Waals surface area contributed by atoms with Gasteiger partial charge in [0.25, 0.3) is 0 Å². The van der Waals surface area contributed by atoms with Crippen LogP contribution in [0.25, 0.3) is 0 Å². The Hall–Kier alpha value is -0.340. The molecule has 0 radical (unpaired) electrons. The van der Waals surface area contributed by atoms with E-state index in [0.29, 0.717) is 0 Å². The third-order valence-electron chi connectivity index (χ3n) is 2.19. The van der Waals surface area contributed by atoms with E-state index in [9.17, 15) is 0 Å². The predicted molar refractivity (Wildman–Crippen MR) is 95.9 cm³/mol. The summed E-state index contributed by atoms with van der Waals surface area (Å²) in [4.78, 5) is 8.51. The molecular formula is C14H16N2OS4. The SMILES string of the molecule is c1ccc(SSCCOCCSSc2ccccn2)nc1. The highest BCUT2D eigenvalue weighted by atomic mass is 33.1.